The molecule has 2 amide bonds. The van der Waals surface area contributed by atoms with Crippen LogP contribution in [0, 0.1) is 6.92 Å². The van der Waals surface area contributed by atoms with Gasteiger partial charge in [-0.1, -0.05) is 0 Å². The molecule has 1 N–H and O–H groups in total. The summed E-state index contributed by atoms with van der Waals surface area (Å²) in [6, 6.07) is 11.2. The van der Waals surface area contributed by atoms with Gasteiger partial charge in [0.15, 0.2) is 0 Å². The van der Waals surface area contributed by atoms with E-state index < -0.39 is 5.60 Å². The molecular formula is C32H35N5O5. The van der Waals surface area contributed by atoms with Crippen LogP contribution in [0.1, 0.15) is 43.2 Å². The number of hydrogen-bond donors (Lipinski definition) is 1. The topological polar surface area (TPSA) is 110 Å². The molecule has 0 aliphatic carbocycles. The van der Waals surface area contributed by atoms with E-state index in [1.165, 1.54) is 6.08 Å². The highest BCUT2D eigenvalue weighted by Crippen LogP contribution is 2.31. The minimum Gasteiger partial charge on any atom is -0.459 e. The second kappa shape index (κ2) is 11.9. The molecule has 4 aromatic rings. The molecule has 3 aromatic heterocycles. The average molecular weight is 570 g/mol. The molecule has 10 nitrogen and oxygen atoms in total. The summed E-state index contributed by atoms with van der Waals surface area (Å²) in [5, 5.41) is 4.19. The maximum Gasteiger partial charge on any atom is 0.410 e. The minimum absolute atomic E-state index is 0.181. The van der Waals surface area contributed by atoms with Crippen molar-refractivity contribution in [2.75, 3.05) is 25.5 Å². The van der Waals surface area contributed by atoms with E-state index in [2.05, 4.69) is 15.3 Å². The van der Waals surface area contributed by atoms with Crippen LogP contribution >= 0.6 is 0 Å². The fourth-order valence-electron chi connectivity index (χ4n) is 4.57. The van der Waals surface area contributed by atoms with Gasteiger partial charge in [-0.15, -0.1) is 0 Å². The molecule has 1 aromatic carbocycles. The van der Waals surface area contributed by atoms with Gasteiger partial charge in [0, 0.05) is 61.3 Å². The summed E-state index contributed by atoms with van der Waals surface area (Å²) in [4.78, 5) is 37.4. The van der Waals surface area contributed by atoms with Gasteiger partial charge < -0.3 is 29.0 Å². The highest BCUT2D eigenvalue weighted by atomic mass is 16.6. The van der Waals surface area contributed by atoms with Crippen LogP contribution in [0.4, 0.5) is 10.6 Å². The zero-order chi connectivity index (χ0) is 29.9. The molecule has 218 valence electrons. The van der Waals surface area contributed by atoms with E-state index in [0.29, 0.717) is 43.4 Å². The van der Waals surface area contributed by atoms with E-state index in [9.17, 15) is 9.59 Å². The van der Waals surface area contributed by atoms with Crippen molar-refractivity contribution in [1.82, 2.24) is 19.8 Å². The molecule has 0 saturated carbocycles. The number of pyridine rings is 2. The summed E-state index contributed by atoms with van der Waals surface area (Å²) >= 11 is 0. The molecular weight excluding hydrogens is 534 g/mol. The molecule has 10 heteroatoms. The summed E-state index contributed by atoms with van der Waals surface area (Å²) in [6.45, 7) is 9.25. The lowest BCUT2D eigenvalue weighted by molar-refractivity contribution is -0.125. The summed E-state index contributed by atoms with van der Waals surface area (Å²) in [5.41, 5.74) is 2.71. The number of furan rings is 1. The number of aromatic nitrogens is 2. The standard InChI is InChI=1S/C32H35N5O5/c1-21-26-17-25(40-24-10-12-33-13-11-24)7-8-27(26)41-28(21)20-36(5)29(38)9-6-22-16-23-19-37(31(39)42-32(2,3)4)15-14-34-30(23)35-18-22/h6-13,16-18H,14-15,19-20H2,1-5H3,(H,34,35)/b9-6+. The fraction of sp³-hybridized carbons (Fsp3) is 0.312. The van der Waals surface area contributed by atoms with Crippen LogP contribution in [0.2, 0.25) is 0 Å². The second-order valence-electron chi connectivity index (χ2n) is 11.2. The molecule has 0 atom stereocenters. The molecule has 0 radical (unpaired) electrons. The monoisotopic (exact) mass is 569 g/mol. The zero-order valence-corrected chi connectivity index (χ0v) is 24.5. The summed E-state index contributed by atoms with van der Waals surface area (Å²) in [7, 11) is 1.73. The molecule has 0 fully saturated rings. The van der Waals surface area contributed by atoms with E-state index >= 15 is 0 Å². The van der Waals surface area contributed by atoms with E-state index in [0.717, 1.165) is 33.5 Å². The maximum absolute atomic E-state index is 13.0. The van der Waals surface area contributed by atoms with Gasteiger partial charge in [0.2, 0.25) is 5.91 Å². The molecule has 0 bridgehead atoms. The first-order valence-corrected chi connectivity index (χ1v) is 13.8. The predicted octanol–water partition coefficient (Wildman–Crippen LogP) is 6.16. The first kappa shape index (κ1) is 28.7. The van der Waals surface area contributed by atoms with E-state index in [1.807, 2.05) is 52.0 Å². The van der Waals surface area contributed by atoms with E-state index in [1.54, 1.807) is 53.6 Å². The van der Waals surface area contributed by atoms with Crippen molar-refractivity contribution in [3.05, 3.63) is 83.5 Å². The quantitative estimate of drug-likeness (QED) is 0.275. The number of aryl methyl sites for hydroxylation is 1. The third-order valence-corrected chi connectivity index (χ3v) is 6.74. The Balaban J connectivity index is 1.24. The third kappa shape index (κ3) is 6.88. The van der Waals surface area contributed by atoms with Gasteiger partial charge >= 0.3 is 6.09 Å². The SMILES string of the molecule is Cc1c(CN(C)C(=O)/C=C/c2cnc3c(c2)CN(C(=O)OC(C)(C)C)CCN3)oc2ccc(Oc3ccncc3)cc12. The van der Waals surface area contributed by atoms with Crippen molar-refractivity contribution in [1.29, 1.82) is 0 Å². The van der Waals surface area contributed by atoms with Crippen molar-refractivity contribution in [3.8, 4) is 11.5 Å². The molecule has 5 rings (SSSR count). The van der Waals surface area contributed by atoms with Crippen LogP contribution in [0.3, 0.4) is 0 Å². The number of likely N-dealkylation sites (N-methyl/N-ethyl adjacent to an activating group) is 1. The number of fused-ring (bicyclic) bond motifs is 2. The lowest BCUT2D eigenvalue weighted by atomic mass is 10.1. The number of nitrogens with one attached hydrogen (secondary N) is 1. The first-order chi connectivity index (χ1) is 20.1. The molecule has 1 aliphatic rings. The van der Waals surface area contributed by atoms with Gasteiger partial charge in [-0.2, -0.15) is 0 Å². The predicted molar refractivity (Wildman–Crippen MR) is 160 cm³/mol. The Morgan fingerprint density at radius 3 is 2.69 bits per heavy atom. The van der Waals surface area contributed by atoms with Gasteiger partial charge in [0.1, 0.15) is 34.3 Å². The summed E-state index contributed by atoms with van der Waals surface area (Å²) in [6.07, 6.45) is 7.93. The Morgan fingerprint density at radius 1 is 1.14 bits per heavy atom. The van der Waals surface area contributed by atoms with Gasteiger partial charge in [-0.05, 0) is 75.7 Å². The van der Waals surface area contributed by atoms with Crippen LogP contribution in [-0.4, -0.2) is 57.5 Å². The number of anilines is 1. The van der Waals surface area contributed by atoms with Crippen LogP contribution in [-0.2, 0) is 22.6 Å². The summed E-state index contributed by atoms with van der Waals surface area (Å²) < 4.78 is 17.6. The maximum atomic E-state index is 13.0. The number of carbonyl (C=O) groups excluding carboxylic acids is 2. The van der Waals surface area contributed by atoms with Crippen LogP contribution < -0.4 is 10.1 Å². The Labute approximate surface area is 244 Å². The fourth-order valence-corrected chi connectivity index (χ4v) is 4.57. The Hall–Kier alpha value is -4.86. The van der Waals surface area contributed by atoms with Crippen molar-refractivity contribution >= 4 is 34.9 Å². The number of rotatable bonds is 6. The van der Waals surface area contributed by atoms with Gasteiger partial charge in [0.25, 0.3) is 0 Å². The number of amides is 2. The smallest absolute Gasteiger partial charge is 0.410 e. The number of nitrogens with zero attached hydrogens (tertiary/aromatic N) is 4. The molecule has 1 aliphatic heterocycles. The number of ether oxygens (including phenoxy) is 2. The molecule has 42 heavy (non-hydrogen) atoms. The largest absolute Gasteiger partial charge is 0.459 e. The summed E-state index contributed by atoms with van der Waals surface area (Å²) in [5.74, 6) is 2.63. The average Bonchev–Trinajstić information content (AvgIpc) is 3.11. The lowest BCUT2D eigenvalue weighted by Gasteiger charge is -2.26. The van der Waals surface area contributed by atoms with E-state index in [-0.39, 0.29) is 12.0 Å². The normalized spacial score (nSPS) is 13.4. The number of carbonyl (C=O) groups is 2. The van der Waals surface area contributed by atoms with Gasteiger partial charge in [-0.25, -0.2) is 9.78 Å². The van der Waals surface area contributed by atoms with E-state index in [4.69, 9.17) is 13.9 Å². The Morgan fingerprint density at radius 2 is 1.93 bits per heavy atom. The first-order valence-electron chi connectivity index (χ1n) is 13.8. The highest BCUT2D eigenvalue weighted by molar-refractivity contribution is 5.92. The van der Waals surface area contributed by atoms with Crippen LogP contribution in [0.5, 0.6) is 11.5 Å². The second-order valence-corrected chi connectivity index (χ2v) is 11.2. The Bertz CT molecular complexity index is 1620. The van der Waals surface area contributed by atoms with Crippen molar-refractivity contribution in [2.24, 2.45) is 0 Å². The highest BCUT2D eigenvalue weighted by Gasteiger charge is 2.25. The lowest BCUT2D eigenvalue weighted by Crippen LogP contribution is -2.37. The number of benzene rings is 1. The van der Waals surface area contributed by atoms with Crippen molar-refractivity contribution in [2.45, 2.75) is 46.4 Å². The third-order valence-electron chi connectivity index (χ3n) is 6.74. The van der Waals surface area contributed by atoms with Crippen molar-refractivity contribution < 1.29 is 23.5 Å². The molecule has 4 heterocycles. The minimum atomic E-state index is -0.576. The molecule has 0 saturated heterocycles. The van der Waals surface area contributed by atoms with Crippen molar-refractivity contribution in [3.63, 3.8) is 0 Å². The number of hydrogen-bond acceptors (Lipinski definition) is 8. The van der Waals surface area contributed by atoms with Crippen LogP contribution in [0.15, 0.2) is 65.5 Å². The molecule has 0 unspecified atom stereocenters. The van der Waals surface area contributed by atoms with Gasteiger partial charge in [0.05, 0.1) is 13.1 Å². The Kier molecular flexibility index (Phi) is 8.15. The zero-order valence-electron chi connectivity index (χ0n) is 24.5. The molecule has 0 spiro atoms. The van der Waals surface area contributed by atoms with Crippen LogP contribution in [0.25, 0.3) is 17.0 Å². The van der Waals surface area contributed by atoms with Gasteiger partial charge in [-0.3, -0.25) is 9.78 Å².